The Labute approximate surface area is 159 Å². The molecule has 0 aliphatic heterocycles. The fraction of sp³-hybridized carbons (Fsp3) is 0.737. The van der Waals surface area contributed by atoms with Gasteiger partial charge >= 0.3 is 0 Å². The second kappa shape index (κ2) is 6.91. The van der Waals surface area contributed by atoms with Crippen LogP contribution in [0.2, 0.25) is 0 Å². The summed E-state index contributed by atoms with van der Waals surface area (Å²) < 4.78 is 4.93. The maximum atomic E-state index is 12.4. The van der Waals surface area contributed by atoms with E-state index in [1.54, 1.807) is 19.9 Å². The standard InChI is InChI=1S/C19H29N3O3S/c1-11-8-15(22-25-11)21-17(24)12(2)26-10-16(23)20-14-9-13-6-7-19(14,5)18(13,3)4/h8,12-14H,6-7,9-10H2,1-5H3,(H,20,23)(H,21,22,24)/t12-,13+,14-,19+/m1/s1. The number of hydrogen-bond acceptors (Lipinski definition) is 5. The van der Waals surface area contributed by atoms with E-state index >= 15 is 0 Å². The first kappa shape index (κ1) is 19.3. The minimum absolute atomic E-state index is 0.0153. The number of nitrogens with zero attached hydrogens (tertiary/aromatic N) is 1. The molecule has 2 fully saturated rings. The fourth-order valence-corrected chi connectivity index (χ4v) is 5.28. The van der Waals surface area contributed by atoms with Gasteiger partial charge < -0.3 is 15.2 Å². The Hall–Kier alpha value is -1.50. The number of aryl methyl sites for hydroxylation is 1. The molecular weight excluding hydrogens is 350 g/mol. The molecule has 144 valence electrons. The van der Waals surface area contributed by atoms with E-state index in [1.807, 2.05) is 0 Å². The Morgan fingerprint density at radius 2 is 2.15 bits per heavy atom. The van der Waals surface area contributed by atoms with Gasteiger partial charge in [-0.1, -0.05) is 25.9 Å². The number of hydrogen-bond donors (Lipinski definition) is 2. The predicted octanol–water partition coefficient (Wildman–Crippen LogP) is 3.37. The summed E-state index contributed by atoms with van der Waals surface area (Å²) in [5, 5.41) is 9.34. The summed E-state index contributed by atoms with van der Waals surface area (Å²) >= 11 is 1.34. The van der Waals surface area contributed by atoms with Crippen molar-refractivity contribution in [2.24, 2.45) is 16.7 Å². The van der Waals surface area contributed by atoms with Crippen LogP contribution in [0.1, 0.15) is 52.7 Å². The van der Waals surface area contributed by atoms with E-state index in [2.05, 4.69) is 36.6 Å². The van der Waals surface area contributed by atoms with Gasteiger partial charge in [-0.15, -0.1) is 11.8 Å². The molecule has 0 unspecified atom stereocenters. The molecule has 1 aromatic heterocycles. The average molecular weight is 380 g/mol. The second-order valence-electron chi connectivity index (χ2n) is 8.50. The third-order valence-electron chi connectivity index (χ3n) is 6.84. The molecule has 6 nitrogen and oxygen atoms in total. The van der Waals surface area contributed by atoms with Gasteiger partial charge in [-0.3, -0.25) is 9.59 Å². The zero-order chi connectivity index (χ0) is 19.1. The Morgan fingerprint density at radius 1 is 1.42 bits per heavy atom. The first-order valence-electron chi connectivity index (χ1n) is 9.28. The first-order chi connectivity index (χ1) is 12.1. The zero-order valence-electron chi connectivity index (χ0n) is 16.2. The summed E-state index contributed by atoms with van der Waals surface area (Å²) in [6.07, 6.45) is 3.52. The molecule has 2 amide bonds. The summed E-state index contributed by atoms with van der Waals surface area (Å²) in [5.41, 5.74) is 0.451. The van der Waals surface area contributed by atoms with Crippen LogP contribution in [0.5, 0.6) is 0 Å². The third-order valence-corrected chi connectivity index (χ3v) is 7.99. The lowest BCUT2D eigenvalue weighted by molar-refractivity contribution is -0.120. The summed E-state index contributed by atoms with van der Waals surface area (Å²) in [7, 11) is 0. The summed E-state index contributed by atoms with van der Waals surface area (Å²) in [6.45, 7) is 10.5. The van der Waals surface area contributed by atoms with Gasteiger partial charge in [-0.2, -0.15) is 0 Å². The molecule has 26 heavy (non-hydrogen) atoms. The number of fused-ring (bicyclic) bond motifs is 2. The molecule has 7 heteroatoms. The minimum atomic E-state index is -0.343. The molecule has 2 saturated carbocycles. The van der Waals surface area contributed by atoms with Gasteiger partial charge in [0.1, 0.15) is 5.76 Å². The highest BCUT2D eigenvalue weighted by Gasteiger charge is 2.61. The van der Waals surface area contributed by atoms with Gasteiger partial charge in [0, 0.05) is 12.1 Å². The Morgan fingerprint density at radius 3 is 2.69 bits per heavy atom. The van der Waals surface area contributed by atoms with Gasteiger partial charge in [0.15, 0.2) is 5.82 Å². The highest BCUT2D eigenvalue weighted by molar-refractivity contribution is 8.01. The van der Waals surface area contributed by atoms with Crippen LogP contribution in [0.3, 0.4) is 0 Å². The highest BCUT2D eigenvalue weighted by Crippen LogP contribution is 2.65. The molecule has 0 aromatic carbocycles. The molecule has 1 aromatic rings. The number of carbonyl (C=O) groups is 2. The van der Waals surface area contributed by atoms with Crippen LogP contribution in [0.25, 0.3) is 0 Å². The van der Waals surface area contributed by atoms with Crippen molar-refractivity contribution in [1.82, 2.24) is 10.5 Å². The van der Waals surface area contributed by atoms with Crippen LogP contribution in [0.4, 0.5) is 5.82 Å². The zero-order valence-corrected chi connectivity index (χ0v) is 17.0. The fourth-order valence-electron chi connectivity index (χ4n) is 4.59. The second-order valence-corrected chi connectivity index (χ2v) is 9.82. The van der Waals surface area contributed by atoms with Gasteiger partial charge in [0.2, 0.25) is 11.8 Å². The highest BCUT2D eigenvalue weighted by atomic mass is 32.2. The molecule has 3 rings (SSSR count). The Kier molecular flexibility index (Phi) is 5.12. The van der Waals surface area contributed by atoms with Crippen molar-refractivity contribution < 1.29 is 14.1 Å². The minimum Gasteiger partial charge on any atom is -0.360 e. The van der Waals surface area contributed by atoms with E-state index in [9.17, 15) is 9.59 Å². The number of rotatable bonds is 6. The van der Waals surface area contributed by atoms with Crippen molar-refractivity contribution in [3.05, 3.63) is 11.8 Å². The first-order valence-corrected chi connectivity index (χ1v) is 10.3. The summed E-state index contributed by atoms with van der Waals surface area (Å²) in [6, 6.07) is 1.91. The molecule has 2 aliphatic carbocycles. The smallest absolute Gasteiger partial charge is 0.238 e. The van der Waals surface area contributed by atoms with Crippen molar-refractivity contribution >= 4 is 29.4 Å². The van der Waals surface area contributed by atoms with E-state index in [0.29, 0.717) is 17.5 Å². The van der Waals surface area contributed by atoms with Crippen molar-refractivity contribution in [3.8, 4) is 0 Å². The molecule has 2 N–H and O–H groups in total. The number of amides is 2. The molecule has 2 aliphatic rings. The normalized spacial score (nSPS) is 30.2. The van der Waals surface area contributed by atoms with E-state index < -0.39 is 0 Å². The van der Waals surface area contributed by atoms with E-state index in [0.717, 1.165) is 6.42 Å². The Bertz CT molecular complexity index is 702. The number of thioether (sulfide) groups is 1. The molecule has 2 bridgehead atoms. The maximum Gasteiger partial charge on any atom is 0.238 e. The van der Waals surface area contributed by atoms with Gasteiger partial charge in [0.05, 0.1) is 11.0 Å². The largest absolute Gasteiger partial charge is 0.360 e. The van der Waals surface area contributed by atoms with Crippen LogP contribution in [0, 0.1) is 23.7 Å². The molecule has 1 heterocycles. The van der Waals surface area contributed by atoms with Crippen molar-refractivity contribution in [1.29, 1.82) is 0 Å². The SMILES string of the molecule is Cc1cc(NC(=O)[C@@H](C)SCC(=O)N[C@@H]2C[C@@H]3CC[C@]2(C)C3(C)C)no1. The molecule has 0 spiro atoms. The molecule has 4 atom stereocenters. The van der Waals surface area contributed by atoms with Crippen LogP contribution < -0.4 is 10.6 Å². The summed E-state index contributed by atoms with van der Waals surface area (Å²) in [4.78, 5) is 24.6. The van der Waals surface area contributed by atoms with E-state index in [1.165, 1.54) is 24.6 Å². The lowest BCUT2D eigenvalue weighted by Gasteiger charge is -2.39. The molecule has 0 radical (unpaired) electrons. The number of aromatic nitrogens is 1. The lowest BCUT2D eigenvalue weighted by atomic mass is 9.69. The number of anilines is 1. The molecular formula is C19H29N3O3S. The number of nitrogens with one attached hydrogen (secondary N) is 2. The summed E-state index contributed by atoms with van der Waals surface area (Å²) in [5.74, 6) is 1.86. The van der Waals surface area contributed by atoms with Crippen molar-refractivity contribution in [2.45, 2.75) is 65.2 Å². The van der Waals surface area contributed by atoms with Crippen LogP contribution in [0.15, 0.2) is 10.6 Å². The van der Waals surface area contributed by atoms with Crippen molar-refractivity contribution in [3.63, 3.8) is 0 Å². The third kappa shape index (κ3) is 3.38. The number of carbonyl (C=O) groups excluding carboxylic acids is 2. The van der Waals surface area contributed by atoms with E-state index in [4.69, 9.17) is 4.52 Å². The van der Waals surface area contributed by atoms with Crippen LogP contribution >= 0.6 is 11.8 Å². The van der Waals surface area contributed by atoms with Crippen molar-refractivity contribution in [2.75, 3.05) is 11.1 Å². The maximum absolute atomic E-state index is 12.4. The lowest BCUT2D eigenvalue weighted by Crippen LogP contribution is -2.47. The van der Waals surface area contributed by atoms with Gasteiger partial charge in [0.25, 0.3) is 0 Å². The topological polar surface area (TPSA) is 84.2 Å². The quantitative estimate of drug-likeness (QED) is 0.792. The van der Waals surface area contributed by atoms with Gasteiger partial charge in [-0.25, -0.2) is 0 Å². The Balaban J connectivity index is 1.46. The monoisotopic (exact) mass is 379 g/mol. The van der Waals surface area contributed by atoms with E-state index in [-0.39, 0.29) is 39.7 Å². The molecule has 0 saturated heterocycles. The van der Waals surface area contributed by atoms with Crippen LogP contribution in [-0.2, 0) is 9.59 Å². The average Bonchev–Trinajstić information content (AvgIpc) is 3.13. The van der Waals surface area contributed by atoms with Gasteiger partial charge in [-0.05, 0) is 49.9 Å². The van der Waals surface area contributed by atoms with Crippen LogP contribution in [-0.4, -0.2) is 34.0 Å². The predicted molar refractivity (Wildman–Crippen MR) is 103 cm³/mol.